The molecule has 24 heavy (non-hydrogen) atoms. The van der Waals surface area contributed by atoms with Crippen LogP contribution in [-0.4, -0.2) is 24.2 Å². The van der Waals surface area contributed by atoms with Crippen LogP contribution in [0.4, 0.5) is 5.69 Å². The molecule has 2 aromatic rings. The predicted octanol–water partition coefficient (Wildman–Crippen LogP) is 5.11. The lowest BCUT2D eigenvalue weighted by molar-refractivity contribution is 0.149. The van der Waals surface area contributed by atoms with E-state index in [1.807, 2.05) is 0 Å². The average molecular weight is 381 g/mol. The molecule has 0 amide bonds. The molecule has 2 heterocycles. The zero-order valence-corrected chi connectivity index (χ0v) is 15.2. The third-order valence-electron chi connectivity index (χ3n) is 5.39. The van der Waals surface area contributed by atoms with Crippen molar-refractivity contribution in [1.29, 1.82) is 0 Å². The van der Waals surface area contributed by atoms with E-state index in [1.54, 1.807) is 0 Å². The van der Waals surface area contributed by atoms with E-state index in [2.05, 4.69) is 88.2 Å². The molecule has 2 aromatic carbocycles. The van der Waals surface area contributed by atoms with Crippen LogP contribution < -0.4 is 0 Å². The maximum atomic E-state index is 4.72. The summed E-state index contributed by atoms with van der Waals surface area (Å²) in [5, 5.41) is 0. The van der Waals surface area contributed by atoms with Gasteiger partial charge in [-0.15, -0.1) is 6.58 Å². The van der Waals surface area contributed by atoms with E-state index in [9.17, 15) is 0 Å². The van der Waals surface area contributed by atoms with Gasteiger partial charge in [0.1, 0.15) is 0 Å². The topological polar surface area (TPSA) is 15.6 Å². The first-order chi connectivity index (χ1) is 11.7. The van der Waals surface area contributed by atoms with Crippen LogP contribution in [0.5, 0.6) is 0 Å². The summed E-state index contributed by atoms with van der Waals surface area (Å²) in [6.07, 6.45) is 5.39. The highest BCUT2D eigenvalue weighted by atomic mass is 79.9. The molecule has 1 spiro atoms. The predicted molar refractivity (Wildman–Crippen MR) is 104 cm³/mol. The normalized spacial score (nSPS) is 25.8. The van der Waals surface area contributed by atoms with Crippen LogP contribution in [-0.2, 0) is 12.0 Å². The average Bonchev–Trinajstić information content (AvgIpc) is 2.96. The van der Waals surface area contributed by atoms with Crippen molar-refractivity contribution in [3.05, 3.63) is 76.8 Å². The highest BCUT2D eigenvalue weighted by molar-refractivity contribution is 9.10. The molecule has 0 unspecified atom stereocenters. The molecule has 4 rings (SSSR count). The number of rotatable bonds is 3. The third-order valence-corrected chi connectivity index (χ3v) is 5.88. The SMILES string of the molecule is C=C[C@H]1CN(Cc2ccccc2)CC[C@@]12C=Nc1cc(Br)ccc12. The monoisotopic (exact) mass is 380 g/mol. The van der Waals surface area contributed by atoms with E-state index in [-0.39, 0.29) is 5.41 Å². The number of likely N-dealkylation sites (tertiary alicyclic amines) is 1. The summed E-state index contributed by atoms with van der Waals surface area (Å²) in [6, 6.07) is 17.2. The molecule has 1 saturated heterocycles. The smallest absolute Gasteiger partial charge is 0.0678 e. The van der Waals surface area contributed by atoms with Crippen LogP contribution in [0, 0.1) is 5.92 Å². The molecule has 2 nitrogen and oxygen atoms in total. The molecule has 1 fully saturated rings. The van der Waals surface area contributed by atoms with Crippen LogP contribution in [0.25, 0.3) is 0 Å². The van der Waals surface area contributed by atoms with Gasteiger partial charge in [0.15, 0.2) is 0 Å². The van der Waals surface area contributed by atoms with Crippen molar-refractivity contribution in [2.24, 2.45) is 10.9 Å². The van der Waals surface area contributed by atoms with Gasteiger partial charge in [-0.25, -0.2) is 0 Å². The van der Waals surface area contributed by atoms with E-state index >= 15 is 0 Å². The van der Waals surface area contributed by atoms with Crippen LogP contribution in [0.3, 0.4) is 0 Å². The van der Waals surface area contributed by atoms with Gasteiger partial charge in [-0.1, -0.05) is 58.4 Å². The first-order valence-corrected chi connectivity index (χ1v) is 9.25. The standard InChI is InChI=1S/C21H21BrN2/c1-2-17-14-24(13-16-6-4-3-5-7-16)11-10-21(17)15-23-20-12-18(22)8-9-19(20)21/h2-9,12,15,17H,1,10-11,13-14H2/t17-,21+/m0/s1. The lowest BCUT2D eigenvalue weighted by atomic mass is 9.67. The second-order valence-electron chi connectivity index (χ2n) is 6.77. The number of halogens is 1. The summed E-state index contributed by atoms with van der Waals surface area (Å²) in [5.41, 5.74) is 3.86. The van der Waals surface area contributed by atoms with E-state index in [0.717, 1.165) is 36.2 Å². The molecule has 122 valence electrons. The van der Waals surface area contributed by atoms with Crippen LogP contribution in [0.15, 0.2) is 70.7 Å². The van der Waals surface area contributed by atoms with E-state index in [1.165, 1.54) is 11.1 Å². The Bertz CT molecular complexity index is 784. The van der Waals surface area contributed by atoms with Crippen molar-refractivity contribution >= 4 is 27.8 Å². The van der Waals surface area contributed by atoms with Gasteiger partial charge >= 0.3 is 0 Å². The van der Waals surface area contributed by atoms with Crippen LogP contribution in [0.2, 0.25) is 0 Å². The molecule has 0 aromatic heterocycles. The van der Waals surface area contributed by atoms with Crippen molar-refractivity contribution in [1.82, 2.24) is 4.90 Å². The Balaban J connectivity index is 1.59. The summed E-state index contributed by atoms with van der Waals surface area (Å²) in [4.78, 5) is 7.26. The van der Waals surface area contributed by atoms with Gasteiger partial charge in [-0.05, 0) is 36.2 Å². The minimum absolute atomic E-state index is 0.0188. The Labute approximate surface area is 152 Å². The lowest BCUT2D eigenvalue weighted by Gasteiger charge is -2.44. The zero-order chi connectivity index (χ0) is 16.6. The van der Waals surface area contributed by atoms with E-state index in [0.29, 0.717) is 5.92 Å². The molecular formula is C21H21BrN2. The number of benzene rings is 2. The fraction of sp³-hybridized carbons (Fsp3) is 0.286. The molecule has 0 bridgehead atoms. The number of nitrogens with zero attached hydrogens (tertiary/aromatic N) is 2. The minimum Gasteiger partial charge on any atom is -0.298 e. The molecule has 0 saturated carbocycles. The molecule has 0 radical (unpaired) electrons. The van der Waals surface area contributed by atoms with Crippen molar-refractivity contribution in [3.63, 3.8) is 0 Å². The van der Waals surface area contributed by atoms with Gasteiger partial charge in [-0.3, -0.25) is 9.89 Å². The van der Waals surface area contributed by atoms with Gasteiger partial charge in [-0.2, -0.15) is 0 Å². The largest absolute Gasteiger partial charge is 0.298 e. The highest BCUT2D eigenvalue weighted by Gasteiger charge is 2.45. The van der Waals surface area contributed by atoms with Crippen molar-refractivity contribution < 1.29 is 0 Å². The maximum absolute atomic E-state index is 4.72. The Kier molecular flexibility index (Phi) is 4.15. The van der Waals surface area contributed by atoms with Gasteiger partial charge < -0.3 is 0 Å². The molecule has 2 aliphatic heterocycles. The van der Waals surface area contributed by atoms with Gasteiger partial charge in [0.25, 0.3) is 0 Å². The molecule has 2 atom stereocenters. The summed E-state index contributed by atoms with van der Waals surface area (Å²) >= 11 is 3.55. The molecule has 3 heteroatoms. The Morgan fingerprint density at radius 1 is 1.25 bits per heavy atom. The molecular weight excluding hydrogens is 360 g/mol. The first kappa shape index (κ1) is 15.8. The number of fused-ring (bicyclic) bond motifs is 2. The minimum atomic E-state index is 0.0188. The first-order valence-electron chi connectivity index (χ1n) is 8.45. The number of aliphatic imine (C=N–C) groups is 1. The van der Waals surface area contributed by atoms with E-state index < -0.39 is 0 Å². The third kappa shape index (κ3) is 2.66. The Hall–Kier alpha value is -1.71. The maximum Gasteiger partial charge on any atom is 0.0678 e. The molecule has 0 N–H and O–H groups in total. The Morgan fingerprint density at radius 2 is 2.08 bits per heavy atom. The summed E-state index contributed by atoms with van der Waals surface area (Å²) < 4.78 is 1.09. The second-order valence-corrected chi connectivity index (χ2v) is 7.69. The van der Waals surface area contributed by atoms with Crippen molar-refractivity contribution in [2.45, 2.75) is 18.4 Å². The quantitative estimate of drug-likeness (QED) is 0.675. The van der Waals surface area contributed by atoms with Gasteiger partial charge in [0.05, 0.1) is 5.69 Å². The van der Waals surface area contributed by atoms with Crippen molar-refractivity contribution in [3.8, 4) is 0 Å². The van der Waals surface area contributed by atoms with Crippen molar-refractivity contribution in [2.75, 3.05) is 13.1 Å². The summed E-state index contributed by atoms with van der Waals surface area (Å²) in [7, 11) is 0. The van der Waals surface area contributed by atoms with Gasteiger partial charge in [0, 0.05) is 35.1 Å². The molecule has 0 aliphatic carbocycles. The number of hydrogen-bond acceptors (Lipinski definition) is 2. The highest BCUT2D eigenvalue weighted by Crippen LogP contribution is 2.47. The number of hydrogen-bond donors (Lipinski definition) is 0. The van der Waals surface area contributed by atoms with E-state index in [4.69, 9.17) is 4.99 Å². The fourth-order valence-electron chi connectivity index (χ4n) is 4.09. The summed E-state index contributed by atoms with van der Waals surface area (Å²) in [5.74, 6) is 0.390. The fourth-order valence-corrected chi connectivity index (χ4v) is 4.43. The number of piperidine rings is 1. The zero-order valence-electron chi connectivity index (χ0n) is 13.7. The molecule has 2 aliphatic rings. The van der Waals surface area contributed by atoms with Gasteiger partial charge in [0.2, 0.25) is 0 Å². The van der Waals surface area contributed by atoms with Crippen LogP contribution >= 0.6 is 15.9 Å². The summed E-state index contributed by atoms with van der Waals surface area (Å²) in [6.45, 7) is 7.26. The second kappa shape index (κ2) is 6.30. The van der Waals surface area contributed by atoms with Crippen LogP contribution in [0.1, 0.15) is 17.5 Å². The Morgan fingerprint density at radius 3 is 2.88 bits per heavy atom. The lowest BCUT2D eigenvalue weighted by Crippen LogP contribution is -2.49.